The summed E-state index contributed by atoms with van der Waals surface area (Å²) in [4.78, 5) is 0. The fraction of sp³-hybridized carbons (Fsp3) is 0.933. The van der Waals surface area contributed by atoms with E-state index in [1.165, 1.54) is 0 Å². The van der Waals surface area contributed by atoms with Crippen LogP contribution in [0.3, 0.4) is 0 Å². The van der Waals surface area contributed by atoms with Gasteiger partial charge in [0.25, 0.3) is 0 Å². The van der Waals surface area contributed by atoms with Crippen molar-refractivity contribution in [3.8, 4) is 6.07 Å². The van der Waals surface area contributed by atoms with E-state index >= 15 is 0 Å². The van der Waals surface area contributed by atoms with Crippen molar-refractivity contribution in [1.29, 1.82) is 5.26 Å². The summed E-state index contributed by atoms with van der Waals surface area (Å²) >= 11 is 0. The Kier molecular flexibility index (Phi) is 12.9. The minimum atomic E-state index is -0.394. The average Bonchev–Trinajstić information content (AvgIpc) is 2.48. The molecule has 1 N–H and O–H groups in total. The lowest BCUT2D eigenvalue weighted by molar-refractivity contribution is 0.0376. The highest BCUT2D eigenvalue weighted by molar-refractivity contribution is 5.05. The maximum atomic E-state index is 9.27. The van der Waals surface area contributed by atoms with Crippen molar-refractivity contribution in [2.45, 2.75) is 45.1 Å². The summed E-state index contributed by atoms with van der Waals surface area (Å²) in [5, 5.41) is 12.5. The number of nitriles is 1. The largest absolute Gasteiger partial charge is 0.385 e. The van der Waals surface area contributed by atoms with Gasteiger partial charge in [0, 0.05) is 26.9 Å². The van der Waals surface area contributed by atoms with Crippen molar-refractivity contribution in [2.75, 3.05) is 46.7 Å². The maximum absolute atomic E-state index is 9.27. The van der Waals surface area contributed by atoms with Gasteiger partial charge in [-0.25, -0.2) is 0 Å². The number of methoxy groups -OCH3 is 1. The standard InChI is InChI=1S/C15H30N2O3/c1-4-15(14-16,17-5-2)8-6-10-19-12-13-20-11-7-9-18-3/h17H,4-13H2,1-3H3. The summed E-state index contributed by atoms with van der Waals surface area (Å²) in [5.74, 6) is 0. The minimum Gasteiger partial charge on any atom is -0.385 e. The fourth-order valence-electron chi connectivity index (χ4n) is 2.01. The first kappa shape index (κ1) is 19.3. The van der Waals surface area contributed by atoms with Crippen LogP contribution in [-0.2, 0) is 14.2 Å². The van der Waals surface area contributed by atoms with Gasteiger partial charge in [-0.15, -0.1) is 0 Å². The van der Waals surface area contributed by atoms with Gasteiger partial charge < -0.3 is 14.2 Å². The second-order valence-corrected chi connectivity index (χ2v) is 4.75. The van der Waals surface area contributed by atoms with Crippen LogP contribution in [0.2, 0.25) is 0 Å². The summed E-state index contributed by atoms with van der Waals surface area (Å²) < 4.78 is 15.8. The Bertz CT molecular complexity index is 256. The second-order valence-electron chi connectivity index (χ2n) is 4.75. The lowest BCUT2D eigenvalue weighted by atomic mass is 9.92. The van der Waals surface area contributed by atoms with Gasteiger partial charge in [0.15, 0.2) is 0 Å². The van der Waals surface area contributed by atoms with E-state index in [4.69, 9.17) is 14.2 Å². The van der Waals surface area contributed by atoms with E-state index in [2.05, 4.69) is 11.4 Å². The highest BCUT2D eigenvalue weighted by atomic mass is 16.5. The molecule has 0 aliphatic heterocycles. The Morgan fingerprint density at radius 3 is 2.15 bits per heavy atom. The molecule has 20 heavy (non-hydrogen) atoms. The monoisotopic (exact) mass is 286 g/mol. The van der Waals surface area contributed by atoms with Crippen molar-refractivity contribution in [2.24, 2.45) is 0 Å². The molecular weight excluding hydrogens is 256 g/mol. The molecule has 0 amide bonds. The number of nitrogens with one attached hydrogen (secondary N) is 1. The highest BCUT2D eigenvalue weighted by Crippen LogP contribution is 2.16. The van der Waals surface area contributed by atoms with Crippen molar-refractivity contribution in [1.82, 2.24) is 5.32 Å². The van der Waals surface area contributed by atoms with Crippen LogP contribution in [-0.4, -0.2) is 52.2 Å². The van der Waals surface area contributed by atoms with Crippen LogP contribution in [0.15, 0.2) is 0 Å². The lowest BCUT2D eigenvalue weighted by Crippen LogP contribution is -2.43. The van der Waals surface area contributed by atoms with E-state index in [1.54, 1.807) is 7.11 Å². The first-order valence-corrected chi connectivity index (χ1v) is 7.55. The van der Waals surface area contributed by atoms with Gasteiger partial charge in [-0.1, -0.05) is 13.8 Å². The number of ether oxygens (including phenoxy) is 3. The van der Waals surface area contributed by atoms with Gasteiger partial charge in [-0.3, -0.25) is 5.32 Å². The molecule has 0 fully saturated rings. The predicted octanol–water partition coefficient (Wildman–Crippen LogP) is 2.12. The molecule has 0 aromatic carbocycles. The zero-order valence-electron chi connectivity index (χ0n) is 13.2. The summed E-state index contributed by atoms with van der Waals surface area (Å²) in [5.41, 5.74) is -0.394. The maximum Gasteiger partial charge on any atom is 0.106 e. The van der Waals surface area contributed by atoms with Gasteiger partial charge >= 0.3 is 0 Å². The summed E-state index contributed by atoms with van der Waals surface area (Å²) in [6.07, 6.45) is 3.45. The van der Waals surface area contributed by atoms with Gasteiger partial charge in [-0.2, -0.15) is 5.26 Å². The molecule has 5 nitrogen and oxygen atoms in total. The molecule has 0 aromatic rings. The smallest absolute Gasteiger partial charge is 0.106 e. The Morgan fingerprint density at radius 2 is 1.65 bits per heavy atom. The van der Waals surface area contributed by atoms with E-state index in [-0.39, 0.29) is 0 Å². The fourth-order valence-corrected chi connectivity index (χ4v) is 2.01. The molecule has 0 radical (unpaired) electrons. The molecule has 0 rings (SSSR count). The second kappa shape index (κ2) is 13.3. The SMILES string of the molecule is CCNC(C#N)(CC)CCCOCCOCCCOC. The van der Waals surface area contributed by atoms with Gasteiger partial charge in [0.05, 0.1) is 19.3 Å². The molecule has 0 bridgehead atoms. The van der Waals surface area contributed by atoms with Crippen molar-refractivity contribution >= 4 is 0 Å². The third-order valence-corrected chi connectivity index (χ3v) is 3.23. The predicted molar refractivity (Wildman–Crippen MR) is 79.7 cm³/mol. The van der Waals surface area contributed by atoms with Crippen LogP contribution < -0.4 is 5.32 Å². The van der Waals surface area contributed by atoms with Crippen molar-refractivity contribution in [3.63, 3.8) is 0 Å². The van der Waals surface area contributed by atoms with E-state index in [9.17, 15) is 5.26 Å². The topological polar surface area (TPSA) is 63.5 Å². The van der Waals surface area contributed by atoms with E-state index in [1.807, 2.05) is 13.8 Å². The van der Waals surface area contributed by atoms with E-state index < -0.39 is 5.54 Å². The van der Waals surface area contributed by atoms with E-state index in [0.29, 0.717) is 26.4 Å². The lowest BCUT2D eigenvalue weighted by Gasteiger charge is -2.25. The highest BCUT2D eigenvalue weighted by Gasteiger charge is 2.25. The van der Waals surface area contributed by atoms with Crippen LogP contribution in [0.25, 0.3) is 0 Å². The zero-order valence-corrected chi connectivity index (χ0v) is 13.2. The molecule has 0 saturated carbocycles. The van der Waals surface area contributed by atoms with Crippen molar-refractivity contribution in [3.05, 3.63) is 0 Å². The Hall–Kier alpha value is -0.670. The third-order valence-electron chi connectivity index (χ3n) is 3.23. The molecular formula is C15H30N2O3. The Balaban J connectivity index is 3.49. The summed E-state index contributed by atoms with van der Waals surface area (Å²) in [6.45, 7) is 8.24. The Labute approximate surface area is 123 Å². The third kappa shape index (κ3) is 9.27. The molecule has 5 heteroatoms. The molecule has 0 aliphatic carbocycles. The van der Waals surface area contributed by atoms with Gasteiger partial charge in [-0.05, 0) is 32.2 Å². The zero-order chi connectivity index (χ0) is 15.1. The number of rotatable bonds is 14. The number of nitrogens with zero attached hydrogens (tertiary/aromatic N) is 1. The van der Waals surface area contributed by atoms with Crippen LogP contribution >= 0.6 is 0 Å². The molecule has 0 aromatic heterocycles. The molecule has 0 aliphatic rings. The molecule has 0 saturated heterocycles. The normalized spacial score (nSPS) is 13.9. The molecule has 0 spiro atoms. The first-order chi connectivity index (χ1) is 9.74. The van der Waals surface area contributed by atoms with Crippen LogP contribution in [0.5, 0.6) is 0 Å². The molecule has 118 valence electrons. The quantitative estimate of drug-likeness (QED) is 0.496. The van der Waals surface area contributed by atoms with Crippen molar-refractivity contribution < 1.29 is 14.2 Å². The molecule has 0 heterocycles. The van der Waals surface area contributed by atoms with Crippen LogP contribution in [0.1, 0.15) is 39.5 Å². The first-order valence-electron chi connectivity index (χ1n) is 7.55. The summed E-state index contributed by atoms with van der Waals surface area (Å²) in [7, 11) is 1.69. The van der Waals surface area contributed by atoms with Gasteiger partial charge in [0.2, 0.25) is 0 Å². The summed E-state index contributed by atoms with van der Waals surface area (Å²) in [6, 6.07) is 2.39. The average molecular weight is 286 g/mol. The van der Waals surface area contributed by atoms with Crippen LogP contribution in [0, 0.1) is 11.3 Å². The van der Waals surface area contributed by atoms with Crippen LogP contribution in [0.4, 0.5) is 0 Å². The molecule has 1 unspecified atom stereocenters. The number of hydrogen-bond acceptors (Lipinski definition) is 5. The van der Waals surface area contributed by atoms with E-state index in [0.717, 1.165) is 38.8 Å². The molecule has 1 atom stereocenters. The number of hydrogen-bond donors (Lipinski definition) is 1. The Morgan fingerprint density at radius 1 is 1.00 bits per heavy atom. The van der Waals surface area contributed by atoms with Gasteiger partial charge in [0.1, 0.15) is 5.54 Å². The minimum absolute atomic E-state index is 0.394.